The highest BCUT2D eigenvalue weighted by Crippen LogP contribution is 2.48. The Balaban J connectivity index is 0.685. The summed E-state index contributed by atoms with van der Waals surface area (Å²) in [7, 11) is 0. The number of aromatic hydroxyl groups is 1. The number of imide groups is 1. The fourth-order valence-corrected chi connectivity index (χ4v) is 12.7. The van der Waals surface area contributed by atoms with Crippen LogP contribution in [0.5, 0.6) is 11.8 Å². The van der Waals surface area contributed by atoms with Crippen molar-refractivity contribution in [1.82, 2.24) is 35.0 Å². The molecule has 0 spiro atoms. The van der Waals surface area contributed by atoms with Crippen molar-refractivity contribution < 1.29 is 37.8 Å². The highest BCUT2D eigenvalue weighted by molar-refractivity contribution is 6.27. The molecule has 0 radical (unpaired) electrons. The van der Waals surface area contributed by atoms with Crippen LogP contribution in [0.25, 0.3) is 43.7 Å². The van der Waals surface area contributed by atoms with Crippen molar-refractivity contribution in [2.24, 2.45) is 5.41 Å². The fraction of sp³-hybridized carbons (Fsp3) is 0.466. The van der Waals surface area contributed by atoms with E-state index in [1.807, 2.05) is 30.0 Å². The van der Waals surface area contributed by atoms with Crippen LogP contribution in [-0.2, 0) is 20.8 Å². The van der Waals surface area contributed by atoms with Gasteiger partial charge in [-0.2, -0.15) is 9.97 Å². The van der Waals surface area contributed by atoms with E-state index < -0.39 is 23.6 Å². The van der Waals surface area contributed by atoms with Crippen LogP contribution in [0.2, 0.25) is 0 Å². The largest absolute Gasteiger partial charge is 0.508 e. The molecular formula is C58H63F2N9O6. The second-order valence-electron chi connectivity index (χ2n) is 21.8. The van der Waals surface area contributed by atoms with Gasteiger partial charge in [-0.15, -0.1) is 0 Å². The van der Waals surface area contributed by atoms with Gasteiger partial charge in [0, 0.05) is 80.4 Å². The Labute approximate surface area is 434 Å². The first-order valence-corrected chi connectivity index (χ1v) is 27.1. The zero-order chi connectivity index (χ0) is 51.5. The van der Waals surface area contributed by atoms with E-state index >= 15 is 8.78 Å². The first-order valence-electron chi connectivity index (χ1n) is 27.1. The molecule has 12 rings (SSSR count). The normalized spacial score (nSPS) is 20.8. The number of nitrogens with zero attached hydrogens (tertiary/aromatic N) is 8. The van der Waals surface area contributed by atoms with Gasteiger partial charge in [-0.1, -0.05) is 50.5 Å². The van der Waals surface area contributed by atoms with Gasteiger partial charge in [0.15, 0.2) is 5.82 Å². The van der Waals surface area contributed by atoms with E-state index in [9.17, 15) is 24.3 Å². The number of benzene rings is 4. The molecule has 390 valence electrons. The van der Waals surface area contributed by atoms with Crippen LogP contribution in [-0.4, -0.2) is 136 Å². The Morgan fingerprint density at radius 2 is 1.60 bits per heavy atom. The quantitative estimate of drug-likeness (QED) is 0.113. The Morgan fingerprint density at radius 3 is 2.35 bits per heavy atom. The molecule has 6 aliphatic rings. The Morgan fingerprint density at radius 1 is 0.827 bits per heavy atom. The lowest BCUT2D eigenvalue weighted by Crippen LogP contribution is -2.53. The summed E-state index contributed by atoms with van der Waals surface area (Å²) in [5.41, 5.74) is 3.12. The summed E-state index contributed by atoms with van der Waals surface area (Å²) in [6.07, 6.45) is 11.5. The topological polar surface area (TPSA) is 165 Å². The number of hydrogen-bond donors (Lipinski definition) is 2. The van der Waals surface area contributed by atoms with E-state index in [0.717, 1.165) is 114 Å². The molecule has 15 nitrogen and oxygen atoms in total. The molecule has 0 bridgehead atoms. The summed E-state index contributed by atoms with van der Waals surface area (Å²) in [4.78, 5) is 77.0. The molecule has 7 heterocycles. The predicted molar refractivity (Wildman–Crippen MR) is 282 cm³/mol. The highest BCUT2D eigenvalue weighted by Gasteiger charge is 2.46. The van der Waals surface area contributed by atoms with E-state index in [2.05, 4.69) is 37.1 Å². The standard InChI is InChI=1S/C58H63F2N9O6/c1-2-38-44(59)14-11-36-29-37(70)30-42(49(36)38)52-51(60)53-43(31-61-52)54(68-21-6-4-3-5-7-22-68)64-57(63-53)75-34-58(19-20-58)33-66-25-27-67(28-26-66)48(72)32-65-23-17-35(18-24-65)39-12-13-41-50-40(39)9-8-10-45(50)69(56(41)74)46-15-16-47(71)62-55(46)73/h8-14,29-31,35,46,70H,2-7,15-28,32-34H2,1H3,(H,62,71,73). The lowest BCUT2D eigenvalue weighted by atomic mass is 9.85. The molecule has 5 fully saturated rings. The molecular weight excluding hydrogens is 957 g/mol. The zero-order valence-electron chi connectivity index (χ0n) is 42.5. The third-order valence-electron chi connectivity index (χ3n) is 17.0. The number of phenolic OH excluding ortho intramolecular Hbond substituents is 1. The number of amides is 4. The Hall–Kier alpha value is -6.85. The van der Waals surface area contributed by atoms with Crippen molar-refractivity contribution in [3.8, 4) is 23.0 Å². The number of aryl methyl sites for hydroxylation is 1. The number of piperazine rings is 1. The maximum Gasteiger partial charge on any atom is 0.319 e. The van der Waals surface area contributed by atoms with Gasteiger partial charge in [-0.25, -0.2) is 8.78 Å². The minimum Gasteiger partial charge on any atom is -0.508 e. The summed E-state index contributed by atoms with van der Waals surface area (Å²) >= 11 is 0. The lowest BCUT2D eigenvalue weighted by Gasteiger charge is -2.38. The van der Waals surface area contributed by atoms with Gasteiger partial charge in [0.1, 0.15) is 34.6 Å². The van der Waals surface area contributed by atoms with Gasteiger partial charge in [-0.3, -0.25) is 44.2 Å². The molecule has 2 aromatic heterocycles. The van der Waals surface area contributed by atoms with Gasteiger partial charge in [0.2, 0.25) is 17.7 Å². The van der Waals surface area contributed by atoms with Crippen molar-refractivity contribution in [2.75, 3.05) is 81.9 Å². The van der Waals surface area contributed by atoms with Crippen LogP contribution < -0.4 is 19.9 Å². The van der Waals surface area contributed by atoms with Crippen LogP contribution in [0.4, 0.5) is 20.3 Å². The van der Waals surface area contributed by atoms with Crippen molar-refractivity contribution in [3.05, 3.63) is 89.1 Å². The molecule has 2 N–H and O–H groups in total. The molecule has 4 aromatic carbocycles. The fourth-order valence-electron chi connectivity index (χ4n) is 12.7. The minimum atomic E-state index is -0.726. The number of likely N-dealkylation sites (tertiary alicyclic amines) is 1. The average Bonchev–Trinajstić information content (AvgIpc) is 4.12. The van der Waals surface area contributed by atoms with Crippen LogP contribution in [0, 0.1) is 17.0 Å². The van der Waals surface area contributed by atoms with Gasteiger partial charge in [0.25, 0.3) is 5.91 Å². The average molecular weight is 1020 g/mol. The van der Waals surface area contributed by atoms with Crippen LogP contribution in [0.15, 0.2) is 60.8 Å². The number of carbonyl (C=O) groups is 4. The van der Waals surface area contributed by atoms with Crippen LogP contribution >= 0.6 is 0 Å². The zero-order valence-corrected chi connectivity index (χ0v) is 42.5. The summed E-state index contributed by atoms with van der Waals surface area (Å²) in [6.45, 7) is 9.27. The molecule has 1 atom stereocenters. The monoisotopic (exact) mass is 1020 g/mol. The minimum absolute atomic E-state index is 0.0265. The number of rotatable bonds is 12. The number of pyridine rings is 1. The number of ether oxygens (including phenoxy) is 1. The molecule has 4 saturated heterocycles. The number of hydrogen-bond acceptors (Lipinski definition) is 12. The van der Waals surface area contributed by atoms with E-state index in [1.54, 1.807) is 23.2 Å². The highest BCUT2D eigenvalue weighted by atomic mass is 19.1. The molecule has 5 aliphatic heterocycles. The van der Waals surface area contributed by atoms with Crippen molar-refractivity contribution in [1.29, 1.82) is 0 Å². The van der Waals surface area contributed by atoms with E-state index in [-0.39, 0.29) is 58.4 Å². The number of fused-ring (bicyclic) bond motifs is 2. The summed E-state index contributed by atoms with van der Waals surface area (Å²) < 4.78 is 38.9. The second kappa shape index (κ2) is 20.0. The molecule has 4 amide bonds. The Kier molecular flexibility index (Phi) is 13.1. The molecule has 75 heavy (non-hydrogen) atoms. The SMILES string of the molecule is CCc1c(F)ccc2cc(O)cc(-c3ncc4c(N5CCCCCCC5)nc(OCC5(CN6CCN(C(=O)CN7CCC(c8ccc9c%10c(cccc8%10)N(C8CCC(=O)NC8=O)C9=O)CC7)CC6)CC5)nc4c3F)c12. The predicted octanol–water partition coefficient (Wildman–Crippen LogP) is 8.26. The molecule has 1 saturated carbocycles. The van der Waals surface area contributed by atoms with Crippen molar-refractivity contribution >= 4 is 67.6 Å². The first-order chi connectivity index (χ1) is 36.5. The van der Waals surface area contributed by atoms with Gasteiger partial charge >= 0.3 is 6.01 Å². The summed E-state index contributed by atoms with van der Waals surface area (Å²) in [6, 6.07) is 15.2. The summed E-state index contributed by atoms with van der Waals surface area (Å²) in [5, 5.41) is 16.6. The number of aromatic nitrogens is 3. The second-order valence-corrected chi connectivity index (χ2v) is 21.8. The van der Waals surface area contributed by atoms with Gasteiger partial charge in [-0.05, 0) is 128 Å². The maximum atomic E-state index is 17.2. The molecule has 17 heteroatoms. The third-order valence-corrected chi connectivity index (χ3v) is 17.0. The number of anilines is 2. The molecule has 6 aromatic rings. The van der Waals surface area contributed by atoms with Gasteiger partial charge in [0.05, 0.1) is 24.2 Å². The van der Waals surface area contributed by atoms with E-state index in [4.69, 9.17) is 14.7 Å². The number of halogens is 2. The number of phenols is 1. The smallest absolute Gasteiger partial charge is 0.319 e. The number of piperidine rings is 2. The third kappa shape index (κ3) is 9.29. The number of carbonyl (C=O) groups excluding carboxylic acids is 4. The lowest BCUT2D eigenvalue weighted by molar-refractivity contribution is -0.135. The maximum absolute atomic E-state index is 17.2. The first kappa shape index (κ1) is 49.1. The van der Waals surface area contributed by atoms with Crippen molar-refractivity contribution in [2.45, 2.75) is 95.9 Å². The number of nitrogens with one attached hydrogen (secondary N) is 1. The van der Waals surface area contributed by atoms with E-state index in [0.29, 0.717) is 77.7 Å². The van der Waals surface area contributed by atoms with Gasteiger partial charge < -0.3 is 19.6 Å². The molecule has 1 aliphatic carbocycles. The van der Waals surface area contributed by atoms with Crippen LogP contribution in [0.3, 0.4) is 0 Å². The summed E-state index contributed by atoms with van der Waals surface area (Å²) in [5.74, 6) is -1.14. The van der Waals surface area contributed by atoms with Crippen molar-refractivity contribution in [3.63, 3.8) is 0 Å². The van der Waals surface area contributed by atoms with E-state index in [1.165, 1.54) is 24.1 Å². The van der Waals surface area contributed by atoms with Crippen LogP contribution in [0.1, 0.15) is 105 Å². The molecule has 1 unspecified atom stereocenters. The Bertz CT molecular complexity index is 3270.